The van der Waals surface area contributed by atoms with Crippen LogP contribution in [0.3, 0.4) is 0 Å². The van der Waals surface area contributed by atoms with Crippen LogP contribution in [0.4, 0.5) is 10.5 Å². The molecular weight excluding hydrogens is 366 g/mol. The van der Waals surface area contributed by atoms with Crippen molar-refractivity contribution >= 4 is 22.6 Å². The van der Waals surface area contributed by atoms with Gasteiger partial charge >= 0.3 is 6.03 Å². The Morgan fingerprint density at radius 3 is 2.59 bits per heavy atom. The van der Waals surface area contributed by atoms with Crippen molar-refractivity contribution in [2.45, 2.75) is 26.9 Å². The number of amides is 2. The van der Waals surface area contributed by atoms with Crippen molar-refractivity contribution in [1.82, 2.24) is 9.47 Å². The first kappa shape index (κ1) is 20.6. The third kappa shape index (κ3) is 4.83. The van der Waals surface area contributed by atoms with Crippen LogP contribution >= 0.6 is 0 Å². The highest BCUT2D eigenvalue weighted by Crippen LogP contribution is 2.26. The second kappa shape index (κ2) is 8.90. The van der Waals surface area contributed by atoms with Crippen molar-refractivity contribution in [1.29, 1.82) is 0 Å². The monoisotopic (exact) mass is 395 g/mol. The van der Waals surface area contributed by atoms with E-state index in [0.29, 0.717) is 18.2 Å². The first-order valence-electron chi connectivity index (χ1n) is 9.73. The molecular formula is C23H29N3O3. The summed E-state index contributed by atoms with van der Waals surface area (Å²) in [5.41, 5.74) is 2.86. The van der Waals surface area contributed by atoms with Crippen molar-refractivity contribution in [3.05, 3.63) is 54.2 Å². The molecule has 1 N–H and O–H groups in total. The summed E-state index contributed by atoms with van der Waals surface area (Å²) in [7, 11) is 4.98. The fraction of sp³-hybridized carbons (Fsp3) is 0.348. The molecule has 2 aromatic carbocycles. The number of carbonyl (C=O) groups excluding carboxylic acids is 1. The smallest absolute Gasteiger partial charge is 0.321 e. The fourth-order valence-electron chi connectivity index (χ4n) is 3.36. The maximum absolute atomic E-state index is 12.7. The van der Waals surface area contributed by atoms with Gasteiger partial charge in [-0.1, -0.05) is 13.8 Å². The van der Waals surface area contributed by atoms with Crippen LogP contribution in [0.1, 0.15) is 19.4 Å². The van der Waals surface area contributed by atoms with Crippen LogP contribution in [0.25, 0.3) is 10.9 Å². The average Bonchev–Trinajstić information content (AvgIpc) is 3.09. The lowest BCUT2D eigenvalue weighted by molar-refractivity contribution is 0.220. The largest absolute Gasteiger partial charge is 0.497 e. The molecule has 0 radical (unpaired) electrons. The molecule has 0 spiro atoms. The van der Waals surface area contributed by atoms with Crippen molar-refractivity contribution in [2.24, 2.45) is 5.92 Å². The number of methoxy groups -OCH3 is 2. The molecule has 3 aromatic rings. The minimum Gasteiger partial charge on any atom is -0.497 e. The number of aromatic nitrogens is 1. The van der Waals surface area contributed by atoms with E-state index in [9.17, 15) is 4.79 Å². The molecule has 0 aliphatic heterocycles. The molecule has 0 aliphatic rings. The van der Waals surface area contributed by atoms with Gasteiger partial charge in [0.25, 0.3) is 0 Å². The number of anilines is 1. The van der Waals surface area contributed by atoms with Crippen LogP contribution in [-0.2, 0) is 13.1 Å². The predicted molar refractivity (Wildman–Crippen MR) is 117 cm³/mol. The van der Waals surface area contributed by atoms with Gasteiger partial charge in [-0.05, 0) is 42.3 Å². The summed E-state index contributed by atoms with van der Waals surface area (Å²) >= 11 is 0. The molecule has 0 aliphatic carbocycles. The summed E-state index contributed by atoms with van der Waals surface area (Å²) < 4.78 is 12.9. The summed E-state index contributed by atoms with van der Waals surface area (Å²) in [5, 5.41) is 4.09. The zero-order chi connectivity index (χ0) is 21.0. The van der Waals surface area contributed by atoms with Gasteiger partial charge in [0.15, 0.2) is 0 Å². The zero-order valence-electron chi connectivity index (χ0n) is 17.7. The van der Waals surface area contributed by atoms with Crippen LogP contribution < -0.4 is 14.8 Å². The predicted octanol–water partition coefficient (Wildman–Crippen LogP) is 4.98. The van der Waals surface area contributed by atoms with E-state index in [0.717, 1.165) is 28.9 Å². The Morgan fingerprint density at radius 2 is 1.90 bits per heavy atom. The molecule has 154 valence electrons. The molecule has 29 heavy (non-hydrogen) atoms. The highest BCUT2D eigenvalue weighted by Gasteiger charge is 2.14. The molecule has 0 saturated heterocycles. The van der Waals surface area contributed by atoms with Crippen LogP contribution in [-0.4, -0.2) is 36.8 Å². The lowest BCUT2D eigenvalue weighted by atomic mass is 10.2. The minimum atomic E-state index is -0.177. The summed E-state index contributed by atoms with van der Waals surface area (Å²) in [5.74, 6) is 1.99. The van der Waals surface area contributed by atoms with E-state index in [4.69, 9.17) is 9.47 Å². The second-order valence-corrected chi connectivity index (χ2v) is 7.60. The van der Waals surface area contributed by atoms with Gasteiger partial charge in [-0.15, -0.1) is 0 Å². The molecule has 1 heterocycles. The Labute approximate surface area is 172 Å². The highest BCUT2D eigenvalue weighted by atomic mass is 16.5. The van der Waals surface area contributed by atoms with Crippen molar-refractivity contribution < 1.29 is 14.3 Å². The zero-order valence-corrected chi connectivity index (χ0v) is 17.7. The van der Waals surface area contributed by atoms with Gasteiger partial charge in [0, 0.05) is 48.0 Å². The number of hydrogen-bond donors (Lipinski definition) is 1. The second-order valence-electron chi connectivity index (χ2n) is 7.60. The standard InChI is InChI=1S/C23H29N3O3/c1-16(2)14-26-11-10-17-12-19(7-9-21(17)26)24-23(27)25(3)15-18-6-8-20(28-4)13-22(18)29-5/h6-13,16H,14-15H2,1-5H3,(H,24,27). The van der Waals surface area contributed by atoms with Gasteiger partial charge in [-0.3, -0.25) is 0 Å². The third-order valence-electron chi connectivity index (χ3n) is 4.83. The Morgan fingerprint density at radius 1 is 1.10 bits per heavy atom. The number of benzene rings is 2. The third-order valence-corrected chi connectivity index (χ3v) is 4.83. The Bertz CT molecular complexity index is 994. The normalized spacial score (nSPS) is 11.0. The Hall–Kier alpha value is -3.15. The number of carbonyl (C=O) groups is 1. The molecule has 6 nitrogen and oxygen atoms in total. The Balaban J connectivity index is 1.69. The van der Waals surface area contributed by atoms with Gasteiger partial charge in [-0.25, -0.2) is 4.79 Å². The molecule has 0 atom stereocenters. The van der Waals surface area contributed by atoms with E-state index < -0.39 is 0 Å². The molecule has 0 unspecified atom stereocenters. The van der Waals surface area contributed by atoms with Crippen LogP contribution in [0.5, 0.6) is 11.5 Å². The van der Waals surface area contributed by atoms with Crippen LogP contribution in [0.2, 0.25) is 0 Å². The van der Waals surface area contributed by atoms with Crippen LogP contribution in [0.15, 0.2) is 48.7 Å². The van der Waals surface area contributed by atoms with Crippen molar-refractivity contribution in [3.8, 4) is 11.5 Å². The SMILES string of the molecule is COc1ccc(CN(C)C(=O)Nc2ccc3c(ccn3CC(C)C)c2)c(OC)c1. The molecule has 6 heteroatoms. The number of fused-ring (bicyclic) bond motifs is 1. The first-order chi connectivity index (χ1) is 13.9. The van der Waals surface area contributed by atoms with Gasteiger partial charge in [-0.2, -0.15) is 0 Å². The Kier molecular flexibility index (Phi) is 6.32. The quantitative estimate of drug-likeness (QED) is 0.614. The molecule has 2 amide bonds. The van der Waals surface area contributed by atoms with Crippen LogP contribution in [0, 0.1) is 5.92 Å². The van der Waals surface area contributed by atoms with E-state index in [1.807, 2.05) is 30.3 Å². The maximum Gasteiger partial charge on any atom is 0.321 e. The lowest BCUT2D eigenvalue weighted by Gasteiger charge is -2.20. The summed E-state index contributed by atoms with van der Waals surface area (Å²) in [6, 6.07) is 13.5. The average molecular weight is 396 g/mol. The van der Waals surface area contributed by atoms with Gasteiger partial charge in [0.05, 0.1) is 20.8 Å². The van der Waals surface area contributed by atoms with Gasteiger partial charge < -0.3 is 24.3 Å². The van der Waals surface area contributed by atoms with E-state index in [1.165, 1.54) is 5.52 Å². The summed E-state index contributed by atoms with van der Waals surface area (Å²) in [6.07, 6.45) is 2.10. The van der Waals surface area contributed by atoms with Crippen molar-refractivity contribution in [3.63, 3.8) is 0 Å². The molecule has 0 saturated carbocycles. The van der Waals surface area contributed by atoms with E-state index in [2.05, 4.69) is 42.1 Å². The lowest BCUT2D eigenvalue weighted by Crippen LogP contribution is -2.30. The number of ether oxygens (including phenoxy) is 2. The molecule has 0 bridgehead atoms. The minimum absolute atomic E-state index is 0.177. The fourth-order valence-corrected chi connectivity index (χ4v) is 3.36. The number of rotatable bonds is 7. The maximum atomic E-state index is 12.7. The number of nitrogens with zero attached hydrogens (tertiary/aromatic N) is 2. The topological polar surface area (TPSA) is 55.7 Å². The number of nitrogens with one attached hydrogen (secondary N) is 1. The first-order valence-corrected chi connectivity index (χ1v) is 9.73. The summed E-state index contributed by atoms with van der Waals surface area (Å²) in [6.45, 7) is 5.80. The van der Waals surface area contributed by atoms with Gasteiger partial charge in [0.2, 0.25) is 0 Å². The molecule has 0 fully saturated rings. The molecule has 3 rings (SSSR count). The highest BCUT2D eigenvalue weighted by molar-refractivity contribution is 5.92. The molecule has 1 aromatic heterocycles. The van der Waals surface area contributed by atoms with Crippen molar-refractivity contribution in [2.75, 3.05) is 26.6 Å². The van der Waals surface area contributed by atoms with E-state index in [-0.39, 0.29) is 6.03 Å². The van der Waals surface area contributed by atoms with Gasteiger partial charge in [0.1, 0.15) is 11.5 Å². The van der Waals surface area contributed by atoms with E-state index in [1.54, 1.807) is 26.2 Å². The number of urea groups is 1. The van der Waals surface area contributed by atoms with E-state index >= 15 is 0 Å². The summed E-state index contributed by atoms with van der Waals surface area (Å²) in [4.78, 5) is 14.3. The number of hydrogen-bond acceptors (Lipinski definition) is 3.